The number of hydrogen-bond donors (Lipinski definition) is 2. The van der Waals surface area contributed by atoms with Gasteiger partial charge in [0.1, 0.15) is 18.4 Å². The van der Waals surface area contributed by atoms with Crippen LogP contribution >= 0.6 is 11.3 Å². The number of piperidine rings is 1. The molecule has 3 rings (SSSR count). The van der Waals surface area contributed by atoms with Crippen LogP contribution in [0, 0.1) is 0 Å². The summed E-state index contributed by atoms with van der Waals surface area (Å²) in [7, 11) is -4.04. The minimum atomic E-state index is -4.04. The molecule has 0 aliphatic carbocycles. The number of nitrogens with zero attached hydrogens (tertiary/aromatic N) is 2. The van der Waals surface area contributed by atoms with Crippen LogP contribution in [-0.2, 0) is 21.4 Å². The van der Waals surface area contributed by atoms with Crippen molar-refractivity contribution in [1.29, 1.82) is 0 Å². The smallest absolute Gasteiger partial charge is 0.324 e. The molecule has 0 amide bonds. The second-order valence-corrected chi connectivity index (χ2v) is 8.70. The number of carbonyl (C=O) groups is 1. The Kier molecular flexibility index (Phi) is 5.56. The van der Waals surface area contributed by atoms with E-state index in [1.807, 2.05) is 0 Å². The summed E-state index contributed by atoms with van der Waals surface area (Å²) in [5.74, 6) is -0.865. The number of aromatic nitrogens is 1. The van der Waals surface area contributed by atoms with Gasteiger partial charge >= 0.3 is 5.97 Å². The Morgan fingerprint density at radius 1 is 1.35 bits per heavy atom. The number of sulfonamides is 1. The van der Waals surface area contributed by atoms with Gasteiger partial charge in [0.2, 0.25) is 10.0 Å². The summed E-state index contributed by atoms with van der Waals surface area (Å²) in [5, 5.41) is 19.2. The molecule has 0 radical (unpaired) electrons. The molecule has 0 spiro atoms. The first kappa shape index (κ1) is 18.8. The third-order valence-electron chi connectivity index (χ3n) is 4.10. The van der Waals surface area contributed by atoms with E-state index >= 15 is 0 Å². The molecular formula is C16H18N2O6S2. The van der Waals surface area contributed by atoms with Gasteiger partial charge in [0.25, 0.3) is 0 Å². The van der Waals surface area contributed by atoms with Crippen molar-refractivity contribution in [3.63, 3.8) is 0 Å². The lowest BCUT2D eigenvalue weighted by molar-refractivity contribution is -0.146. The Balaban J connectivity index is 1.77. The van der Waals surface area contributed by atoms with E-state index in [0.29, 0.717) is 18.8 Å². The van der Waals surface area contributed by atoms with Gasteiger partial charge < -0.3 is 14.9 Å². The molecule has 10 heteroatoms. The molecule has 2 N–H and O–H groups in total. The minimum Gasteiger partial charge on any atom is -0.488 e. The second kappa shape index (κ2) is 7.70. The molecule has 0 unspecified atom stereocenters. The SMILES string of the molecule is O=C(O)[C@H]1[C@@H](O)CCCN1S(=O)(=O)c1ccc(OCc2cncs2)cc1. The molecule has 1 aromatic heterocycles. The zero-order valence-corrected chi connectivity index (χ0v) is 15.3. The Morgan fingerprint density at radius 3 is 2.69 bits per heavy atom. The molecule has 26 heavy (non-hydrogen) atoms. The van der Waals surface area contributed by atoms with E-state index in [4.69, 9.17) is 4.74 Å². The van der Waals surface area contributed by atoms with Crippen molar-refractivity contribution in [2.45, 2.75) is 36.5 Å². The Hall–Kier alpha value is -2.01. The number of hydrogen-bond acceptors (Lipinski definition) is 7. The topological polar surface area (TPSA) is 117 Å². The maximum Gasteiger partial charge on any atom is 0.324 e. The molecule has 1 aliphatic rings. The lowest BCUT2D eigenvalue weighted by Gasteiger charge is -2.35. The van der Waals surface area contributed by atoms with Gasteiger partial charge in [-0.1, -0.05) is 0 Å². The van der Waals surface area contributed by atoms with Crippen LogP contribution in [0.5, 0.6) is 5.75 Å². The highest BCUT2D eigenvalue weighted by atomic mass is 32.2. The average Bonchev–Trinajstić information content (AvgIpc) is 3.13. The van der Waals surface area contributed by atoms with E-state index in [9.17, 15) is 23.4 Å². The maximum atomic E-state index is 12.8. The lowest BCUT2D eigenvalue weighted by atomic mass is 10.0. The van der Waals surface area contributed by atoms with E-state index in [1.54, 1.807) is 11.7 Å². The Labute approximate surface area is 154 Å². The van der Waals surface area contributed by atoms with E-state index in [1.165, 1.54) is 35.6 Å². The summed E-state index contributed by atoms with van der Waals surface area (Å²) >= 11 is 1.45. The summed E-state index contributed by atoms with van der Waals surface area (Å²) in [6, 6.07) is 4.30. The van der Waals surface area contributed by atoms with Gasteiger partial charge in [0.15, 0.2) is 0 Å². The fourth-order valence-corrected chi connectivity index (χ4v) is 4.97. The Morgan fingerprint density at radius 2 is 2.08 bits per heavy atom. The quantitative estimate of drug-likeness (QED) is 0.754. The number of ether oxygens (including phenoxy) is 1. The summed E-state index contributed by atoms with van der Waals surface area (Å²) in [6.07, 6.45) is 1.13. The second-order valence-electron chi connectivity index (χ2n) is 5.84. The number of aliphatic carboxylic acids is 1. The van der Waals surface area contributed by atoms with E-state index < -0.39 is 28.1 Å². The number of benzene rings is 1. The zero-order chi connectivity index (χ0) is 18.7. The first-order valence-corrected chi connectivity index (χ1v) is 10.2. The van der Waals surface area contributed by atoms with Gasteiger partial charge in [0.05, 0.1) is 21.4 Å². The Bertz CT molecular complexity index is 851. The molecule has 2 heterocycles. The molecule has 1 saturated heterocycles. The molecule has 1 aromatic carbocycles. The minimum absolute atomic E-state index is 0.0389. The van der Waals surface area contributed by atoms with Crippen molar-refractivity contribution < 1.29 is 28.2 Å². The molecule has 0 bridgehead atoms. The van der Waals surface area contributed by atoms with Crippen molar-refractivity contribution in [1.82, 2.24) is 9.29 Å². The predicted octanol–water partition coefficient (Wildman–Crippen LogP) is 1.32. The van der Waals surface area contributed by atoms with Crippen LogP contribution in [0.1, 0.15) is 17.7 Å². The lowest BCUT2D eigenvalue weighted by Crippen LogP contribution is -2.54. The summed E-state index contributed by atoms with van der Waals surface area (Å²) in [4.78, 5) is 16.3. The monoisotopic (exact) mass is 398 g/mol. The molecule has 140 valence electrons. The average molecular weight is 398 g/mol. The largest absolute Gasteiger partial charge is 0.488 e. The first-order valence-electron chi connectivity index (χ1n) is 7.92. The normalized spacial score (nSPS) is 21.4. The standard InChI is InChI=1S/C16H18N2O6S2/c19-14-2-1-7-18(15(14)16(20)21)26(22,23)13-5-3-11(4-6-13)24-9-12-8-17-10-25-12/h3-6,8,10,14-15,19H,1-2,7,9H2,(H,20,21)/t14-,15+/m0/s1. The number of aliphatic hydroxyl groups is 1. The highest BCUT2D eigenvalue weighted by molar-refractivity contribution is 7.89. The van der Waals surface area contributed by atoms with E-state index in [2.05, 4.69) is 4.98 Å². The van der Waals surface area contributed by atoms with Crippen LogP contribution in [0.2, 0.25) is 0 Å². The van der Waals surface area contributed by atoms with Crippen LogP contribution < -0.4 is 4.74 Å². The fraction of sp³-hybridized carbons (Fsp3) is 0.375. The van der Waals surface area contributed by atoms with Gasteiger partial charge in [-0.25, -0.2) is 8.42 Å². The van der Waals surface area contributed by atoms with Crippen molar-refractivity contribution >= 4 is 27.3 Å². The number of rotatable bonds is 6. The summed E-state index contributed by atoms with van der Waals surface area (Å²) < 4.78 is 32.0. The van der Waals surface area contributed by atoms with E-state index in [-0.39, 0.29) is 17.9 Å². The molecule has 2 atom stereocenters. The van der Waals surface area contributed by atoms with Gasteiger partial charge in [-0.15, -0.1) is 11.3 Å². The van der Waals surface area contributed by atoms with Gasteiger partial charge in [0, 0.05) is 12.7 Å². The molecule has 0 saturated carbocycles. The number of thiazole rings is 1. The number of carboxylic acids is 1. The van der Waals surface area contributed by atoms with Crippen molar-refractivity contribution in [3.05, 3.63) is 40.8 Å². The molecule has 1 fully saturated rings. The molecular weight excluding hydrogens is 380 g/mol. The number of aliphatic hydroxyl groups excluding tert-OH is 1. The highest BCUT2D eigenvalue weighted by Gasteiger charge is 2.42. The van der Waals surface area contributed by atoms with Gasteiger partial charge in [-0.2, -0.15) is 4.31 Å². The highest BCUT2D eigenvalue weighted by Crippen LogP contribution is 2.27. The van der Waals surface area contributed by atoms with Gasteiger partial charge in [-0.3, -0.25) is 9.78 Å². The molecule has 8 nitrogen and oxygen atoms in total. The third kappa shape index (κ3) is 3.88. The van der Waals surface area contributed by atoms with Crippen LogP contribution in [0.25, 0.3) is 0 Å². The maximum absolute atomic E-state index is 12.8. The molecule has 2 aromatic rings. The van der Waals surface area contributed by atoms with Crippen molar-refractivity contribution in [3.8, 4) is 5.75 Å². The first-order chi connectivity index (χ1) is 12.4. The predicted molar refractivity (Wildman–Crippen MR) is 93.4 cm³/mol. The summed E-state index contributed by atoms with van der Waals surface area (Å²) in [6.45, 7) is 0.385. The number of carboxylic acid groups (broad SMARTS) is 1. The van der Waals surface area contributed by atoms with Crippen LogP contribution in [0.3, 0.4) is 0 Å². The van der Waals surface area contributed by atoms with Crippen molar-refractivity contribution in [2.75, 3.05) is 6.54 Å². The van der Waals surface area contributed by atoms with Crippen molar-refractivity contribution in [2.24, 2.45) is 0 Å². The van der Waals surface area contributed by atoms with Crippen LogP contribution in [0.4, 0.5) is 0 Å². The van der Waals surface area contributed by atoms with Gasteiger partial charge in [-0.05, 0) is 37.1 Å². The zero-order valence-electron chi connectivity index (χ0n) is 13.7. The molecule has 1 aliphatic heterocycles. The summed E-state index contributed by atoms with van der Waals surface area (Å²) in [5.41, 5.74) is 1.69. The van der Waals surface area contributed by atoms with Crippen LogP contribution in [-0.4, -0.2) is 52.6 Å². The third-order valence-corrected chi connectivity index (χ3v) is 6.75. The fourth-order valence-electron chi connectivity index (χ4n) is 2.81. The van der Waals surface area contributed by atoms with Crippen LogP contribution in [0.15, 0.2) is 40.9 Å². The van der Waals surface area contributed by atoms with E-state index in [0.717, 1.165) is 9.18 Å².